The van der Waals surface area contributed by atoms with Gasteiger partial charge in [-0.25, -0.2) is 4.98 Å². The van der Waals surface area contributed by atoms with Crippen LogP contribution < -0.4 is 5.32 Å². The molecule has 1 N–H and O–H groups in total. The molecule has 0 saturated carbocycles. The molecule has 0 aromatic carbocycles. The molecule has 0 spiro atoms. The van der Waals surface area contributed by atoms with Crippen molar-refractivity contribution in [2.75, 3.05) is 6.54 Å². The molecule has 1 aromatic rings. The molecule has 0 radical (unpaired) electrons. The molecule has 0 amide bonds. The summed E-state index contributed by atoms with van der Waals surface area (Å²) in [7, 11) is 0. The number of rotatable bonds is 6. The number of nitrogens with zero attached hydrogens (tertiary/aromatic N) is 1. The van der Waals surface area contributed by atoms with Crippen LogP contribution in [0.5, 0.6) is 0 Å². The number of nitrogens with one attached hydrogen (secondary N) is 1. The number of thiazole rings is 1. The molecule has 0 aliphatic heterocycles. The predicted molar refractivity (Wildman–Crippen MR) is 76.6 cm³/mol. The predicted octanol–water partition coefficient (Wildman–Crippen LogP) is 3.97. The first-order valence-corrected chi connectivity index (χ1v) is 7.44. The zero-order valence-electron chi connectivity index (χ0n) is 11.8. The molecule has 0 bridgehead atoms. The minimum absolute atomic E-state index is 0.179. The summed E-state index contributed by atoms with van der Waals surface area (Å²) in [5.74, 6) is 0.810. The Morgan fingerprint density at radius 3 is 2.41 bits per heavy atom. The van der Waals surface area contributed by atoms with Crippen LogP contribution in [0.15, 0.2) is 6.20 Å². The van der Waals surface area contributed by atoms with Crippen molar-refractivity contribution in [2.45, 2.75) is 59.4 Å². The summed E-state index contributed by atoms with van der Waals surface area (Å²) in [4.78, 5) is 5.85. The molecule has 0 aliphatic carbocycles. The Bertz CT molecular complexity index is 321. The molecular weight excluding hydrogens is 228 g/mol. The van der Waals surface area contributed by atoms with E-state index in [1.165, 1.54) is 22.7 Å². The van der Waals surface area contributed by atoms with Crippen molar-refractivity contribution in [1.82, 2.24) is 10.3 Å². The zero-order chi connectivity index (χ0) is 12.9. The molecule has 0 unspecified atom stereocenters. The SMILES string of the molecule is CCC(CC)CNCc1cnc(C(C)(C)C)s1. The smallest absolute Gasteiger partial charge is 0.0981 e. The molecule has 1 aromatic heterocycles. The monoisotopic (exact) mass is 254 g/mol. The van der Waals surface area contributed by atoms with Crippen LogP contribution in [-0.4, -0.2) is 11.5 Å². The molecule has 1 rings (SSSR count). The second kappa shape index (κ2) is 6.50. The van der Waals surface area contributed by atoms with Gasteiger partial charge in [0.05, 0.1) is 5.01 Å². The van der Waals surface area contributed by atoms with Crippen LogP contribution in [0, 0.1) is 5.92 Å². The van der Waals surface area contributed by atoms with Crippen molar-refractivity contribution < 1.29 is 0 Å². The lowest BCUT2D eigenvalue weighted by molar-refractivity contribution is 0.450. The molecule has 17 heavy (non-hydrogen) atoms. The fourth-order valence-corrected chi connectivity index (χ4v) is 2.65. The molecular formula is C14H26N2S. The third-order valence-electron chi connectivity index (χ3n) is 3.08. The number of aromatic nitrogens is 1. The Labute approximate surface area is 110 Å². The van der Waals surface area contributed by atoms with Gasteiger partial charge in [-0.3, -0.25) is 0 Å². The molecule has 1 heterocycles. The molecule has 0 atom stereocenters. The summed E-state index contributed by atoms with van der Waals surface area (Å²) in [5, 5.41) is 4.77. The van der Waals surface area contributed by atoms with E-state index in [4.69, 9.17) is 0 Å². The van der Waals surface area contributed by atoms with E-state index >= 15 is 0 Å². The van der Waals surface area contributed by atoms with Gasteiger partial charge in [0.15, 0.2) is 0 Å². The van der Waals surface area contributed by atoms with Gasteiger partial charge in [0.25, 0.3) is 0 Å². The summed E-state index contributed by atoms with van der Waals surface area (Å²) in [5.41, 5.74) is 0.179. The van der Waals surface area contributed by atoms with Crippen molar-refractivity contribution in [2.24, 2.45) is 5.92 Å². The third kappa shape index (κ3) is 4.76. The zero-order valence-corrected chi connectivity index (χ0v) is 12.7. The summed E-state index contributed by atoms with van der Waals surface area (Å²) in [6.07, 6.45) is 4.55. The maximum absolute atomic E-state index is 4.50. The Balaban J connectivity index is 2.40. The van der Waals surface area contributed by atoms with Gasteiger partial charge in [-0.1, -0.05) is 47.5 Å². The lowest BCUT2D eigenvalue weighted by atomic mass is 9.98. The highest BCUT2D eigenvalue weighted by atomic mass is 32.1. The average molecular weight is 254 g/mol. The van der Waals surface area contributed by atoms with Crippen molar-refractivity contribution in [3.63, 3.8) is 0 Å². The maximum Gasteiger partial charge on any atom is 0.0981 e. The largest absolute Gasteiger partial charge is 0.312 e. The van der Waals surface area contributed by atoms with Crippen LogP contribution in [-0.2, 0) is 12.0 Å². The molecule has 98 valence electrons. The van der Waals surface area contributed by atoms with E-state index in [9.17, 15) is 0 Å². The van der Waals surface area contributed by atoms with Crippen LogP contribution in [0.4, 0.5) is 0 Å². The van der Waals surface area contributed by atoms with E-state index in [2.05, 4.69) is 44.9 Å². The molecule has 0 aliphatic rings. The normalized spacial score (nSPS) is 12.4. The van der Waals surface area contributed by atoms with Crippen molar-refractivity contribution in [3.05, 3.63) is 16.1 Å². The van der Waals surface area contributed by atoms with Crippen LogP contribution in [0.3, 0.4) is 0 Å². The Morgan fingerprint density at radius 2 is 1.94 bits per heavy atom. The fraction of sp³-hybridized carbons (Fsp3) is 0.786. The van der Waals surface area contributed by atoms with E-state index < -0.39 is 0 Å². The lowest BCUT2D eigenvalue weighted by Crippen LogP contribution is -2.21. The average Bonchev–Trinajstić information content (AvgIpc) is 2.73. The van der Waals surface area contributed by atoms with Crippen molar-refractivity contribution in [1.29, 1.82) is 0 Å². The van der Waals surface area contributed by atoms with Gasteiger partial charge in [0.1, 0.15) is 0 Å². The highest BCUT2D eigenvalue weighted by Crippen LogP contribution is 2.26. The van der Waals surface area contributed by atoms with Crippen molar-refractivity contribution >= 4 is 11.3 Å². The van der Waals surface area contributed by atoms with Crippen LogP contribution >= 0.6 is 11.3 Å². The number of hydrogen-bond donors (Lipinski definition) is 1. The van der Waals surface area contributed by atoms with E-state index in [-0.39, 0.29) is 5.41 Å². The highest BCUT2D eigenvalue weighted by Gasteiger charge is 2.17. The lowest BCUT2D eigenvalue weighted by Gasteiger charge is -2.14. The van der Waals surface area contributed by atoms with Gasteiger partial charge in [0.2, 0.25) is 0 Å². The number of hydrogen-bond acceptors (Lipinski definition) is 3. The topological polar surface area (TPSA) is 24.9 Å². The Morgan fingerprint density at radius 1 is 1.29 bits per heavy atom. The summed E-state index contributed by atoms with van der Waals surface area (Å²) >= 11 is 1.83. The standard InChI is InChI=1S/C14H26N2S/c1-6-11(7-2)8-15-9-12-10-16-13(17-12)14(3,4)5/h10-11,15H,6-9H2,1-5H3. The summed E-state index contributed by atoms with van der Waals surface area (Å²) in [6, 6.07) is 0. The highest BCUT2D eigenvalue weighted by molar-refractivity contribution is 7.11. The minimum atomic E-state index is 0.179. The van der Waals surface area contributed by atoms with Gasteiger partial charge < -0.3 is 5.32 Å². The molecule has 0 saturated heterocycles. The van der Waals surface area contributed by atoms with Gasteiger partial charge >= 0.3 is 0 Å². The van der Waals surface area contributed by atoms with Gasteiger partial charge in [-0.15, -0.1) is 11.3 Å². The van der Waals surface area contributed by atoms with Crippen LogP contribution in [0.2, 0.25) is 0 Å². The first kappa shape index (κ1) is 14.7. The third-order valence-corrected chi connectivity index (χ3v) is 4.51. The molecule has 2 nitrogen and oxygen atoms in total. The van der Waals surface area contributed by atoms with Gasteiger partial charge in [-0.05, 0) is 12.5 Å². The van der Waals surface area contributed by atoms with Crippen LogP contribution in [0.1, 0.15) is 57.3 Å². The summed E-state index contributed by atoms with van der Waals surface area (Å²) in [6.45, 7) is 13.3. The summed E-state index contributed by atoms with van der Waals surface area (Å²) < 4.78 is 0. The minimum Gasteiger partial charge on any atom is -0.312 e. The van der Waals surface area contributed by atoms with E-state index in [0.717, 1.165) is 19.0 Å². The van der Waals surface area contributed by atoms with E-state index in [1.54, 1.807) is 0 Å². The second-order valence-corrected chi connectivity index (χ2v) is 6.81. The first-order chi connectivity index (χ1) is 7.97. The van der Waals surface area contributed by atoms with E-state index in [1.807, 2.05) is 17.5 Å². The van der Waals surface area contributed by atoms with Crippen molar-refractivity contribution in [3.8, 4) is 0 Å². The quantitative estimate of drug-likeness (QED) is 0.831. The maximum atomic E-state index is 4.50. The molecule has 0 fully saturated rings. The molecule has 3 heteroatoms. The van der Waals surface area contributed by atoms with Crippen LogP contribution in [0.25, 0.3) is 0 Å². The van der Waals surface area contributed by atoms with Gasteiger partial charge in [-0.2, -0.15) is 0 Å². The fourth-order valence-electron chi connectivity index (χ4n) is 1.71. The van der Waals surface area contributed by atoms with Gasteiger partial charge in [0, 0.05) is 23.0 Å². The second-order valence-electron chi connectivity index (χ2n) is 5.70. The Hall–Kier alpha value is -0.410. The first-order valence-electron chi connectivity index (χ1n) is 6.63. The Kier molecular flexibility index (Phi) is 5.60. The van der Waals surface area contributed by atoms with E-state index in [0.29, 0.717) is 0 Å².